The van der Waals surface area contributed by atoms with Gasteiger partial charge in [0.1, 0.15) is 11.1 Å². The van der Waals surface area contributed by atoms with Crippen LogP contribution in [-0.4, -0.2) is 27.7 Å². The van der Waals surface area contributed by atoms with Crippen LogP contribution in [0.5, 0.6) is 0 Å². The number of aliphatic imine (C=N–C) groups is 1. The van der Waals surface area contributed by atoms with Crippen LogP contribution < -0.4 is 5.73 Å². The number of nitrogens with two attached hydrogens (primary N) is 1. The predicted molar refractivity (Wildman–Crippen MR) is 94.5 cm³/mol. The number of nitro groups is 1. The van der Waals surface area contributed by atoms with Crippen molar-refractivity contribution in [2.75, 3.05) is 0 Å². The Labute approximate surface area is 144 Å². The lowest BCUT2D eigenvalue weighted by Gasteiger charge is -2.25. The Balaban J connectivity index is 2.64. The molecule has 2 N–H and O–H groups in total. The molecule has 1 aromatic carbocycles. The van der Waals surface area contributed by atoms with Crippen molar-refractivity contribution in [2.45, 2.75) is 38.8 Å². The first-order chi connectivity index (χ1) is 11.1. The summed E-state index contributed by atoms with van der Waals surface area (Å²) in [5, 5.41) is 11.3. The number of thioether (sulfide) groups is 1. The van der Waals surface area contributed by atoms with E-state index in [-0.39, 0.29) is 11.3 Å². The van der Waals surface area contributed by atoms with Crippen molar-refractivity contribution < 1.29 is 14.5 Å². The smallest absolute Gasteiger partial charge is 0.341 e. The standard InChI is InChI=1S/C16H19N3O4S/c1-9-12(14(20)23-16(2,3)4)13(24-15(17)18-9)10-7-5-6-8-11(10)19(21)22/h5-8,15H,17H2,1-4H3. The summed E-state index contributed by atoms with van der Waals surface area (Å²) in [6.45, 7) is 6.91. The fraction of sp³-hybridized carbons (Fsp3) is 0.375. The second-order valence-corrected chi connectivity index (χ2v) is 7.33. The molecule has 128 valence electrons. The number of hydrogen-bond acceptors (Lipinski definition) is 7. The van der Waals surface area contributed by atoms with Crippen molar-refractivity contribution in [1.29, 1.82) is 0 Å². The average Bonchev–Trinajstić information content (AvgIpc) is 2.44. The first-order valence-electron chi connectivity index (χ1n) is 7.28. The molecule has 7 nitrogen and oxygen atoms in total. The van der Waals surface area contributed by atoms with Crippen molar-refractivity contribution >= 4 is 34.0 Å². The average molecular weight is 349 g/mol. The molecular formula is C16H19N3O4S. The molecule has 1 aliphatic heterocycles. The number of carbonyl (C=O) groups excluding carboxylic acids is 1. The molecule has 1 aliphatic rings. The van der Waals surface area contributed by atoms with E-state index in [1.54, 1.807) is 45.9 Å². The van der Waals surface area contributed by atoms with E-state index in [9.17, 15) is 14.9 Å². The van der Waals surface area contributed by atoms with E-state index in [1.165, 1.54) is 6.07 Å². The Morgan fingerprint density at radius 3 is 2.58 bits per heavy atom. The second-order valence-electron chi connectivity index (χ2n) is 6.20. The molecule has 0 spiro atoms. The van der Waals surface area contributed by atoms with Gasteiger partial charge in [-0.1, -0.05) is 23.9 Å². The largest absolute Gasteiger partial charge is 0.456 e. The van der Waals surface area contributed by atoms with Crippen LogP contribution in [0.2, 0.25) is 0 Å². The molecule has 1 unspecified atom stereocenters. The Kier molecular flexibility index (Phi) is 5.10. The number of rotatable bonds is 3. The van der Waals surface area contributed by atoms with Gasteiger partial charge in [-0.2, -0.15) is 0 Å². The van der Waals surface area contributed by atoms with E-state index in [2.05, 4.69) is 4.99 Å². The molecule has 24 heavy (non-hydrogen) atoms. The van der Waals surface area contributed by atoms with Crippen LogP contribution in [-0.2, 0) is 9.53 Å². The van der Waals surface area contributed by atoms with Crippen molar-refractivity contribution in [3.05, 3.63) is 45.5 Å². The fourth-order valence-electron chi connectivity index (χ4n) is 2.22. The van der Waals surface area contributed by atoms with Crippen LogP contribution in [0.4, 0.5) is 5.69 Å². The fourth-order valence-corrected chi connectivity index (χ4v) is 3.32. The van der Waals surface area contributed by atoms with Crippen LogP contribution in [0.3, 0.4) is 0 Å². The number of ether oxygens (including phenoxy) is 1. The van der Waals surface area contributed by atoms with Crippen molar-refractivity contribution in [3.8, 4) is 0 Å². The van der Waals surface area contributed by atoms with Crippen molar-refractivity contribution in [2.24, 2.45) is 10.7 Å². The molecule has 0 amide bonds. The molecule has 0 saturated carbocycles. The number of nitrogens with zero attached hydrogens (tertiary/aromatic N) is 2. The van der Waals surface area contributed by atoms with E-state index in [0.29, 0.717) is 16.2 Å². The number of benzene rings is 1. The molecular weight excluding hydrogens is 330 g/mol. The SMILES string of the molecule is CC1=NC(N)SC(c2ccccc2[N+](=O)[O-])=C1C(=O)OC(C)(C)C. The van der Waals surface area contributed by atoms with Crippen LogP contribution in [0.25, 0.3) is 4.91 Å². The lowest BCUT2D eigenvalue weighted by atomic mass is 10.0. The highest BCUT2D eigenvalue weighted by Gasteiger charge is 2.32. The van der Waals surface area contributed by atoms with Gasteiger partial charge in [0.15, 0.2) is 0 Å². The van der Waals surface area contributed by atoms with E-state index < -0.39 is 22.0 Å². The summed E-state index contributed by atoms with van der Waals surface area (Å²) in [6.07, 6.45) is 0. The summed E-state index contributed by atoms with van der Waals surface area (Å²) in [4.78, 5) is 28.1. The number of para-hydroxylation sites is 1. The van der Waals surface area contributed by atoms with E-state index in [1.807, 2.05) is 0 Å². The quantitative estimate of drug-likeness (QED) is 0.510. The molecule has 0 bridgehead atoms. The molecule has 0 radical (unpaired) electrons. The van der Waals surface area contributed by atoms with Gasteiger partial charge in [0, 0.05) is 11.0 Å². The number of carbonyl (C=O) groups is 1. The summed E-state index contributed by atoms with van der Waals surface area (Å²) < 4.78 is 5.43. The minimum Gasteiger partial charge on any atom is -0.456 e. The summed E-state index contributed by atoms with van der Waals surface area (Å²) >= 11 is 1.10. The van der Waals surface area contributed by atoms with Gasteiger partial charge in [-0.3, -0.25) is 15.1 Å². The first-order valence-corrected chi connectivity index (χ1v) is 8.16. The van der Waals surface area contributed by atoms with Crippen LogP contribution in [0.1, 0.15) is 33.3 Å². The third-order valence-corrected chi connectivity index (χ3v) is 4.10. The van der Waals surface area contributed by atoms with Gasteiger partial charge in [0.05, 0.1) is 21.8 Å². The van der Waals surface area contributed by atoms with Gasteiger partial charge < -0.3 is 10.5 Å². The summed E-state index contributed by atoms with van der Waals surface area (Å²) in [6, 6.07) is 6.23. The maximum absolute atomic E-state index is 12.6. The Bertz CT molecular complexity index is 750. The van der Waals surface area contributed by atoms with Gasteiger partial charge in [-0.25, -0.2) is 4.79 Å². The van der Waals surface area contributed by atoms with Crippen LogP contribution in [0, 0.1) is 10.1 Å². The van der Waals surface area contributed by atoms with E-state index in [4.69, 9.17) is 10.5 Å². The van der Waals surface area contributed by atoms with Gasteiger partial charge in [0.25, 0.3) is 5.69 Å². The lowest BCUT2D eigenvalue weighted by molar-refractivity contribution is -0.385. The number of nitro benzene ring substituents is 1. The molecule has 0 saturated heterocycles. The van der Waals surface area contributed by atoms with Crippen LogP contribution in [0.15, 0.2) is 34.8 Å². The molecule has 0 fully saturated rings. The van der Waals surface area contributed by atoms with Gasteiger partial charge in [-0.15, -0.1) is 0 Å². The molecule has 1 aromatic rings. The highest BCUT2D eigenvalue weighted by atomic mass is 32.2. The zero-order valence-corrected chi connectivity index (χ0v) is 14.7. The summed E-state index contributed by atoms with van der Waals surface area (Å²) in [7, 11) is 0. The normalized spacial score (nSPS) is 18.2. The zero-order valence-electron chi connectivity index (χ0n) is 13.9. The molecule has 8 heteroatoms. The molecule has 0 aliphatic carbocycles. The highest BCUT2D eigenvalue weighted by molar-refractivity contribution is 8.09. The lowest BCUT2D eigenvalue weighted by Crippen LogP contribution is -2.30. The third kappa shape index (κ3) is 4.01. The van der Waals surface area contributed by atoms with Crippen molar-refractivity contribution in [1.82, 2.24) is 0 Å². The molecule has 2 rings (SSSR count). The van der Waals surface area contributed by atoms with E-state index >= 15 is 0 Å². The minimum atomic E-state index is -0.692. The van der Waals surface area contributed by atoms with E-state index in [0.717, 1.165) is 11.8 Å². The monoisotopic (exact) mass is 349 g/mol. The summed E-state index contributed by atoms with van der Waals surface area (Å²) in [5.74, 6) is -0.573. The molecule has 0 aromatic heterocycles. The summed E-state index contributed by atoms with van der Waals surface area (Å²) in [5.41, 5.74) is 5.42. The Hall–Kier alpha value is -2.19. The van der Waals surface area contributed by atoms with Gasteiger partial charge in [-0.05, 0) is 33.8 Å². The van der Waals surface area contributed by atoms with Crippen molar-refractivity contribution in [3.63, 3.8) is 0 Å². The first kappa shape index (κ1) is 18.2. The minimum absolute atomic E-state index is 0.0945. The van der Waals surface area contributed by atoms with Gasteiger partial charge >= 0.3 is 5.97 Å². The maximum atomic E-state index is 12.6. The Morgan fingerprint density at radius 2 is 2.00 bits per heavy atom. The van der Waals surface area contributed by atoms with Crippen LogP contribution >= 0.6 is 11.8 Å². The molecule has 1 atom stereocenters. The zero-order chi connectivity index (χ0) is 18.1. The second kappa shape index (κ2) is 6.74. The third-order valence-electron chi connectivity index (χ3n) is 3.10. The number of esters is 1. The maximum Gasteiger partial charge on any atom is 0.341 e. The van der Waals surface area contributed by atoms with Gasteiger partial charge in [0.2, 0.25) is 0 Å². The number of hydrogen-bond donors (Lipinski definition) is 1. The Morgan fingerprint density at radius 1 is 1.38 bits per heavy atom. The topological polar surface area (TPSA) is 108 Å². The predicted octanol–water partition coefficient (Wildman–Crippen LogP) is 3.10. The highest BCUT2D eigenvalue weighted by Crippen LogP contribution is 2.41. The molecule has 1 heterocycles.